The van der Waals surface area contributed by atoms with Gasteiger partial charge in [-0.2, -0.15) is 0 Å². The number of carbonyl (C=O) groups excluding carboxylic acids is 1. The first-order valence-electron chi connectivity index (χ1n) is 8.47. The molecule has 0 heterocycles. The van der Waals surface area contributed by atoms with Gasteiger partial charge in [0.2, 0.25) is 5.91 Å². The Morgan fingerprint density at radius 1 is 0.957 bits per heavy atom. The average molecular weight is 306 g/mol. The Bertz CT molecular complexity index is 667. The lowest BCUT2D eigenvalue weighted by molar-refractivity contribution is -0.123. The molecular weight excluding hydrogens is 284 g/mol. The van der Waals surface area contributed by atoms with Crippen molar-refractivity contribution in [2.45, 2.75) is 43.3 Å². The molecule has 2 saturated carbocycles. The minimum absolute atomic E-state index is 0.109. The molecule has 118 valence electrons. The van der Waals surface area contributed by atoms with Crippen molar-refractivity contribution < 1.29 is 4.79 Å². The lowest BCUT2D eigenvalue weighted by Gasteiger charge is -2.19. The highest BCUT2D eigenvalue weighted by Gasteiger charge is 2.41. The summed E-state index contributed by atoms with van der Waals surface area (Å²) in [5.74, 6) is 0.633. The topological polar surface area (TPSA) is 41.1 Å². The van der Waals surface area contributed by atoms with Crippen LogP contribution in [0.1, 0.15) is 42.3 Å². The van der Waals surface area contributed by atoms with E-state index in [1.807, 2.05) is 36.4 Å². The fraction of sp³-hybridized carbons (Fsp3) is 0.350. The first-order chi connectivity index (χ1) is 11.3. The summed E-state index contributed by atoms with van der Waals surface area (Å²) in [6.45, 7) is 0. The second-order valence-electron chi connectivity index (χ2n) is 6.65. The Labute approximate surface area is 137 Å². The van der Waals surface area contributed by atoms with Crippen LogP contribution >= 0.6 is 0 Å². The maximum Gasteiger partial charge on any atom is 0.241 e. The van der Waals surface area contributed by atoms with Gasteiger partial charge in [0.25, 0.3) is 0 Å². The Hall–Kier alpha value is -2.13. The van der Waals surface area contributed by atoms with Crippen molar-refractivity contribution in [2.75, 3.05) is 0 Å². The van der Waals surface area contributed by atoms with Crippen molar-refractivity contribution in [3.8, 4) is 0 Å². The molecule has 2 N–H and O–H groups in total. The van der Waals surface area contributed by atoms with Crippen LogP contribution < -0.4 is 10.6 Å². The Kier molecular flexibility index (Phi) is 3.88. The molecule has 0 aliphatic heterocycles. The third kappa shape index (κ3) is 3.45. The summed E-state index contributed by atoms with van der Waals surface area (Å²) in [6.07, 6.45) is 3.33. The molecule has 4 rings (SSSR count). The summed E-state index contributed by atoms with van der Waals surface area (Å²) in [4.78, 5) is 12.6. The number of hydrogen-bond donors (Lipinski definition) is 2. The predicted octanol–water partition coefficient (Wildman–Crippen LogP) is 3.15. The predicted molar refractivity (Wildman–Crippen MR) is 91.1 cm³/mol. The SMILES string of the molecule is O=C(NC1CC1)[C@H](N[C@H]1C[C@H]1c1ccccc1)c1ccccc1. The van der Waals surface area contributed by atoms with E-state index >= 15 is 0 Å². The molecule has 2 fully saturated rings. The maximum atomic E-state index is 12.6. The molecule has 2 aliphatic rings. The van der Waals surface area contributed by atoms with E-state index in [2.05, 4.69) is 34.9 Å². The zero-order valence-corrected chi connectivity index (χ0v) is 13.1. The van der Waals surface area contributed by atoms with Gasteiger partial charge < -0.3 is 5.32 Å². The molecule has 3 heteroatoms. The second kappa shape index (κ2) is 6.17. The van der Waals surface area contributed by atoms with Crippen LogP contribution in [0.2, 0.25) is 0 Å². The van der Waals surface area contributed by atoms with E-state index in [0.717, 1.165) is 24.8 Å². The van der Waals surface area contributed by atoms with Gasteiger partial charge in [-0.1, -0.05) is 60.7 Å². The molecular formula is C20H22N2O. The highest BCUT2D eigenvalue weighted by molar-refractivity contribution is 5.83. The summed E-state index contributed by atoms with van der Waals surface area (Å²) in [6, 6.07) is 21.1. The van der Waals surface area contributed by atoms with Crippen LogP contribution in [0.25, 0.3) is 0 Å². The van der Waals surface area contributed by atoms with Gasteiger partial charge in [-0.05, 0) is 30.4 Å². The van der Waals surface area contributed by atoms with E-state index in [-0.39, 0.29) is 11.9 Å². The normalized spacial score (nSPS) is 24.0. The second-order valence-corrected chi connectivity index (χ2v) is 6.65. The zero-order chi connectivity index (χ0) is 15.6. The lowest BCUT2D eigenvalue weighted by atomic mass is 10.1. The highest BCUT2D eigenvalue weighted by atomic mass is 16.2. The van der Waals surface area contributed by atoms with Crippen molar-refractivity contribution >= 4 is 5.91 Å². The van der Waals surface area contributed by atoms with E-state index in [9.17, 15) is 4.79 Å². The van der Waals surface area contributed by atoms with E-state index in [1.54, 1.807) is 0 Å². The molecule has 1 amide bonds. The molecule has 0 unspecified atom stereocenters. The Morgan fingerprint density at radius 3 is 2.26 bits per heavy atom. The van der Waals surface area contributed by atoms with E-state index in [4.69, 9.17) is 0 Å². The summed E-state index contributed by atoms with van der Waals surface area (Å²) in [5.41, 5.74) is 2.41. The van der Waals surface area contributed by atoms with E-state index < -0.39 is 0 Å². The molecule has 2 aromatic rings. The molecule has 23 heavy (non-hydrogen) atoms. The molecule has 0 spiro atoms. The lowest BCUT2D eigenvalue weighted by Crippen LogP contribution is -2.39. The smallest absolute Gasteiger partial charge is 0.241 e. The first-order valence-corrected chi connectivity index (χ1v) is 8.47. The van der Waals surface area contributed by atoms with Crippen LogP contribution in [0, 0.1) is 0 Å². The third-order valence-corrected chi connectivity index (χ3v) is 4.72. The largest absolute Gasteiger partial charge is 0.352 e. The van der Waals surface area contributed by atoms with Gasteiger partial charge in [0.15, 0.2) is 0 Å². The Morgan fingerprint density at radius 2 is 1.61 bits per heavy atom. The molecule has 3 atom stereocenters. The average Bonchev–Trinajstić information content (AvgIpc) is 3.50. The standard InChI is InChI=1S/C20H22N2O/c23-20(21-16-11-12-16)19(15-9-5-2-6-10-15)22-18-13-17(18)14-7-3-1-4-8-14/h1-10,16-19,22H,11-13H2,(H,21,23)/t17-,18-,19+/m0/s1. The maximum absolute atomic E-state index is 12.6. The van der Waals surface area contributed by atoms with Crippen LogP contribution in [-0.2, 0) is 4.79 Å². The molecule has 0 saturated heterocycles. The van der Waals surface area contributed by atoms with Crippen molar-refractivity contribution in [1.82, 2.24) is 10.6 Å². The minimum Gasteiger partial charge on any atom is -0.352 e. The number of benzene rings is 2. The first kappa shape index (κ1) is 14.5. The van der Waals surface area contributed by atoms with Crippen LogP contribution in [0.5, 0.6) is 0 Å². The fourth-order valence-corrected chi connectivity index (χ4v) is 3.14. The van der Waals surface area contributed by atoms with Crippen molar-refractivity contribution in [1.29, 1.82) is 0 Å². The minimum atomic E-state index is -0.254. The molecule has 0 aromatic heterocycles. The van der Waals surface area contributed by atoms with Crippen LogP contribution in [0.15, 0.2) is 60.7 Å². The van der Waals surface area contributed by atoms with Gasteiger partial charge in [0.05, 0.1) is 0 Å². The summed E-state index contributed by atoms with van der Waals surface area (Å²) in [7, 11) is 0. The van der Waals surface area contributed by atoms with Gasteiger partial charge in [0.1, 0.15) is 6.04 Å². The van der Waals surface area contributed by atoms with Gasteiger partial charge in [-0.3, -0.25) is 10.1 Å². The zero-order valence-electron chi connectivity index (χ0n) is 13.1. The van der Waals surface area contributed by atoms with Crippen LogP contribution in [0.3, 0.4) is 0 Å². The van der Waals surface area contributed by atoms with Gasteiger partial charge in [0, 0.05) is 18.0 Å². The van der Waals surface area contributed by atoms with E-state index in [0.29, 0.717) is 18.0 Å². The van der Waals surface area contributed by atoms with Crippen molar-refractivity contribution in [2.24, 2.45) is 0 Å². The number of rotatable bonds is 6. The molecule has 2 aliphatic carbocycles. The van der Waals surface area contributed by atoms with Gasteiger partial charge >= 0.3 is 0 Å². The number of nitrogens with one attached hydrogen (secondary N) is 2. The highest BCUT2D eigenvalue weighted by Crippen LogP contribution is 2.42. The van der Waals surface area contributed by atoms with Crippen molar-refractivity contribution in [3.63, 3.8) is 0 Å². The summed E-state index contributed by atoms with van der Waals surface area (Å²) in [5, 5.41) is 6.72. The van der Waals surface area contributed by atoms with E-state index in [1.165, 1.54) is 5.56 Å². The monoisotopic (exact) mass is 306 g/mol. The summed E-state index contributed by atoms with van der Waals surface area (Å²) >= 11 is 0. The number of carbonyl (C=O) groups is 1. The van der Waals surface area contributed by atoms with Crippen LogP contribution in [-0.4, -0.2) is 18.0 Å². The van der Waals surface area contributed by atoms with Gasteiger partial charge in [-0.15, -0.1) is 0 Å². The number of amides is 1. The van der Waals surface area contributed by atoms with Crippen molar-refractivity contribution in [3.05, 3.63) is 71.8 Å². The quantitative estimate of drug-likeness (QED) is 0.861. The number of hydrogen-bond acceptors (Lipinski definition) is 2. The molecule has 2 aromatic carbocycles. The van der Waals surface area contributed by atoms with Gasteiger partial charge in [-0.25, -0.2) is 0 Å². The Balaban J connectivity index is 1.47. The third-order valence-electron chi connectivity index (χ3n) is 4.72. The molecule has 0 bridgehead atoms. The molecule has 0 radical (unpaired) electrons. The fourth-order valence-electron chi connectivity index (χ4n) is 3.14. The van der Waals surface area contributed by atoms with Crippen LogP contribution in [0.4, 0.5) is 0 Å². The molecule has 3 nitrogen and oxygen atoms in total. The summed E-state index contributed by atoms with van der Waals surface area (Å²) < 4.78 is 0.